The molecule has 0 aliphatic heterocycles. The molecule has 24 heavy (non-hydrogen) atoms. The van der Waals surface area contributed by atoms with Crippen LogP contribution in [0.5, 0.6) is 11.5 Å². The molecule has 1 amide bonds. The Balaban J connectivity index is 1.74. The molecule has 0 aromatic heterocycles. The molecule has 128 valence electrons. The van der Waals surface area contributed by atoms with Crippen LogP contribution in [0.25, 0.3) is 0 Å². The van der Waals surface area contributed by atoms with Crippen LogP contribution in [0, 0.1) is 5.82 Å². The molecule has 4 nitrogen and oxygen atoms in total. The summed E-state index contributed by atoms with van der Waals surface area (Å²) in [5.41, 5.74) is 1.05. The smallest absolute Gasteiger partial charge is 0.260 e. The first-order valence-corrected chi connectivity index (χ1v) is 7.92. The number of carbonyl (C=O) groups excluding carboxylic acids is 1. The van der Waals surface area contributed by atoms with Gasteiger partial charge in [-0.25, -0.2) is 4.39 Å². The van der Waals surface area contributed by atoms with Crippen LogP contribution in [0.15, 0.2) is 48.5 Å². The van der Waals surface area contributed by atoms with Crippen molar-refractivity contribution in [2.24, 2.45) is 0 Å². The Hall–Kier alpha value is -2.56. The summed E-state index contributed by atoms with van der Waals surface area (Å²) < 4.78 is 23.7. The van der Waals surface area contributed by atoms with Crippen molar-refractivity contribution in [3.8, 4) is 11.5 Å². The Labute approximate surface area is 141 Å². The van der Waals surface area contributed by atoms with Crippen LogP contribution in [0.4, 0.5) is 4.39 Å². The molecule has 1 atom stereocenters. The summed E-state index contributed by atoms with van der Waals surface area (Å²) in [5.74, 6) is 0.705. The molecule has 2 rings (SSSR count). The number of nitrogens with one attached hydrogen (secondary N) is 1. The maximum Gasteiger partial charge on any atom is 0.260 e. The van der Waals surface area contributed by atoms with E-state index in [2.05, 4.69) is 5.32 Å². The highest BCUT2D eigenvalue weighted by Gasteiger charge is 2.15. The van der Waals surface area contributed by atoms with E-state index >= 15 is 0 Å². The second-order valence-corrected chi connectivity index (χ2v) is 5.43. The van der Waals surface area contributed by atoms with Gasteiger partial charge in [-0.3, -0.25) is 4.79 Å². The predicted octanol–water partition coefficient (Wildman–Crippen LogP) is 3.35. The molecule has 0 fully saturated rings. The maximum atomic E-state index is 12.8. The maximum absolute atomic E-state index is 12.8. The lowest BCUT2D eigenvalue weighted by molar-refractivity contribution is -0.127. The molecule has 0 unspecified atom stereocenters. The van der Waals surface area contributed by atoms with Crippen molar-refractivity contribution in [3.63, 3.8) is 0 Å². The van der Waals surface area contributed by atoms with E-state index in [4.69, 9.17) is 9.47 Å². The minimum absolute atomic E-state index is 0.181. The van der Waals surface area contributed by atoms with Crippen molar-refractivity contribution in [2.75, 3.05) is 13.7 Å². The first kappa shape index (κ1) is 17.8. The minimum atomic E-state index is -0.618. The monoisotopic (exact) mass is 331 g/mol. The van der Waals surface area contributed by atoms with Crippen LogP contribution in [0.1, 0.15) is 18.9 Å². The van der Waals surface area contributed by atoms with E-state index in [0.29, 0.717) is 18.0 Å². The summed E-state index contributed by atoms with van der Waals surface area (Å²) >= 11 is 0. The van der Waals surface area contributed by atoms with Crippen LogP contribution in [-0.2, 0) is 11.2 Å². The lowest BCUT2D eigenvalue weighted by Gasteiger charge is -2.16. The van der Waals surface area contributed by atoms with Crippen molar-refractivity contribution in [3.05, 3.63) is 59.9 Å². The van der Waals surface area contributed by atoms with Gasteiger partial charge in [-0.1, -0.05) is 24.3 Å². The molecular formula is C19H22FNO3. The predicted molar refractivity (Wildman–Crippen MR) is 90.8 cm³/mol. The molecule has 0 spiro atoms. The zero-order chi connectivity index (χ0) is 17.4. The standard InChI is InChI=1S/C19H22FNO3/c1-14(24-18-8-4-3-7-17(18)23-2)19(22)21-13-5-6-15-9-11-16(20)12-10-15/h3-4,7-12,14H,5-6,13H2,1-2H3,(H,21,22)/t14-/m0/s1. The third-order valence-electron chi connectivity index (χ3n) is 3.60. The van der Waals surface area contributed by atoms with Crippen LogP contribution < -0.4 is 14.8 Å². The number of rotatable bonds is 8. The van der Waals surface area contributed by atoms with Gasteiger partial charge in [0.15, 0.2) is 17.6 Å². The van der Waals surface area contributed by atoms with Gasteiger partial charge in [-0.05, 0) is 49.6 Å². The summed E-state index contributed by atoms with van der Waals surface area (Å²) in [5, 5.41) is 2.84. The average Bonchev–Trinajstić information content (AvgIpc) is 2.60. The van der Waals surface area contributed by atoms with E-state index in [9.17, 15) is 9.18 Å². The molecule has 0 saturated heterocycles. The molecule has 0 radical (unpaired) electrons. The first-order chi connectivity index (χ1) is 11.6. The van der Waals surface area contributed by atoms with Crippen molar-refractivity contribution in [1.29, 1.82) is 0 Å². The zero-order valence-electron chi connectivity index (χ0n) is 13.9. The van der Waals surface area contributed by atoms with Gasteiger partial charge < -0.3 is 14.8 Å². The van der Waals surface area contributed by atoms with Crippen molar-refractivity contribution >= 4 is 5.91 Å². The van der Waals surface area contributed by atoms with Crippen molar-refractivity contribution < 1.29 is 18.7 Å². The Morgan fingerprint density at radius 3 is 2.46 bits per heavy atom. The topological polar surface area (TPSA) is 47.6 Å². The Morgan fingerprint density at radius 1 is 1.12 bits per heavy atom. The van der Waals surface area contributed by atoms with Crippen LogP contribution in [0.3, 0.4) is 0 Å². The molecular weight excluding hydrogens is 309 g/mol. The summed E-state index contributed by atoms with van der Waals surface area (Å²) in [6.45, 7) is 2.23. The third kappa shape index (κ3) is 5.26. The number of aryl methyl sites for hydroxylation is 1. The van der Waals surface area contributed by atoms with E-state index in [1.165, 1.54) is 12.1 Å². The lowest BCUT2D eigenvalue weighted by atomic mass is 10.1. The van der Waals surface area contributed by atoms with E-state index in [1.54, 1.807) is 38.3 Å². The SMILES string of the molecule is COc1ccccc1O[C@@H](C)C(=O)NCCCc1ccc(F)cc1. The molecule has 2 aromatic carbocycles. The zero-order valence-corrected chi connectivity index (χ0v) is 13.9. The Kier molecular flexibility index (Phi) is 6.61. The van der Waals surface area contributed by atoms with Crippen LogP contribution >= 0.6 is 0 Å². The number of benzene rings is 2. The fraction of sp³-hybridized carbons (Fsp3) is 0.316. The number of para-hydroxylation sites is 2. The third-order valence-corrected chi connectivity index (χ3v) is 3.60. The number of amides is 1. The van der Waals surface area contributed by atoms with Crippen molar-refractivity contribution in [2.45, 2.75) is 25.9 Å². The molecule has 1 N–H and O–H groups in total. The lowest BCUT2D eigenvalue weighted by Crippen LogP contribution is -2.37. The molecule has 2 aromatic rings. The van der Waals surface area contributed by atoms with Gasteiger partial charge in [0.2, 0.25) is 0 Å². The highest BCUT2D eigenvalue weighted by atomic mass is 19.1. The summed E-state index contributed by atoms with van der Waals surface area (Å²) in [6.07, 6.45) is 0.938. The fourth-order valence-electron chi connectivity index (χ4n) is 2.26. The molecule has 0 heterocycles. The van der Waals surface area contributed by atoms with Crippen LogP contribution in [-0.4, -0.2) is 25.7 Å². The molecule has 0 saturated carbocycles. The van der Waals surface area contributed by atoms with E-state index in [0.717, 1.165) is 18.4 Å². The molecule has 0 aliphatic rings. The van der Waals surface area contributed by atoms with Gasteiger partial charge in [0.1, 0.15) is 5.82 Å². The number of methoxy groups -OCH3 is 1. The summed E-state index contributed by atoms with van der Waals surface area (Å²) in [4.78, 5) is 12.1. The first-order valence-electron chi connectivity index (χ1n) is 7.92. The summed E-state index contributed by atoms with van der Waals surface area (Å²) in [6, 6.07) is 13.6. The van der Waals surface area contributed by atoms with Gasteiger partial charge in [0.25, 0.3) is 5.91 Å². The van der Waals surface area contributed by atoms with Gasteiger partial charge in [-0.15, -0.1) is 0 Å². The normalized spacial score (nSPS) is 11.6. The number of ether oxygens (including phenoxy) is 2. The largest absolute Gasteiger partial charge is 0.493 e. The van der Waals surface area contributed by atoms with E-state index in [1.807, 2.05) is 12.1 Å². The van der Waals surface area contributed by atoms with E-state index in [-0.39, 0.29) is 11.7 Å². The fourth-order valence-corrected chi connectivity index (χ4v) is 2.26. The van der Waals surface area contributed by atoms with Crippen molar-refractivity contribution in [1.82, 2.24) is 5.32 Å². The highest BCUT2D eigenvalue weighted by molar-refractivity contribution is 5.80. The average molecular weight is 331 g/mol. The Morgan fingerprint density at radius 2 is 1.79 bits per heavy atom. The molecule has 5 heteroatoms. The number of carbonyl (C=O) groups is 1. The van der Waals surface area contributed by atoms with Gasteiger partial charge in [0.05, 0.1) is 7.11 Å². The van der Waals surface area contributed by atoms with Gasteiger partial charge in [0, 0.05) is 6.54 Å². The van der Waals surface area contributed by atoms with E-state index < -0.39 is 6.10 Å². The van der Waals surface area contributed by atoms with Gasteiger partial charge in [-0.2, -0.15) is 0 Å². The highest BCUT2D eigenvalue weighted by Crippen LogP contribution is 2.26. The minimum Gasteiger partial charge on any atom is -0.493 e. The summed E-state index contributed by atoms with van der Waals surface area (Å²) in [7, 11) is 1.56. The van der Waals surface area contributed by atoms with Gasteiger partial charge >= 0.3 is 0 Å². The number of halogens is 1. The van der Waals surface area contributed by atoms with Crippen LogP contribution in [0.2, 0.25) is 0 Å². The molecule has 0 bridgehead atoms. The number of hydrogen-bond acceptors (Lipinski definition) is 3. The second-order valence-electron chi connectivity index (χ2n) is 5.43. The second kappa shape index (κ2) is 8.91. The molecule has 0 aliphatic carbocycles. The quantitative estimate of drug-likeness (QED) is 0.755. The Bertz CT molecular complexity index is 658. The number of hydrogen-bond donors (Lipinski definition) is 1.